The first kappa shape index (κ1) is 20.8. The maximum absolute atomic E-state index is 12.2. The van der Waals surface area contributed by atoms with Gasteiger partial charge < -0.3 is 10.6 Å². The number of para-hydroxylation sites is 1. The Labute approximate surface area is 173 Å². The summed E-state index contributed by atoms with van der Waals surface area (Å²) in [6.07, 6.45) is 6.47. The van der Waals surface area contributed by atoms with E-state index in [-0.39, 0.29) is 24.4 Å². The Morgan fingerprint density at radius 1 is 1.18 bits per heavy atom. The van der Waals surface area contributed by atoms with E-state index in [1.165, 1.54) is 12.8 Å². The summed E-state index contributed by atoms with van der Waals surface area (Å²) in [5.74, 6) is 0.700. The number of aromatic nitrogens is 2. The summed E-state index contributed by atoms with van der Waals surface area (Å²) < 4.78 is 1.94. The summed E-state index contributed by atoms with van der Waals surface area (Å²) in [5, 5.41) is 11.1. The number of carbonyl (C=O) groups is 1. The van der Waals surface area contributed by atoms with Crippen molar-refractivity contribution in [1.82, 2.24) is 25.3 Å². The average Bonchev–Trinajstić information content (AvgIpc) is 3.39. The predicted octanol–water partition coefficient (Wildman–Crippen LogP) is 2.37. The maximum Gasteiger partial charge on any atom is 0.237 e. The third kappa shape index (κ3) is 5.34. The van der Waals surface area contributed by atoms with Crippen molar-refractivity contribution < 1.29 is 4.79 Å². The average molecular weight is 404 g/mol. The largest absolute Gasteiger partial charge is 0.354 e. The monoisotopic (exact) mass is 403 g/mol. The number of piperidine rings is 1. The first-order valence-corrected chi connectivity index (χ1v) is 10.1. The third-order valence-corrected chi connectivity index (χ3v) is 5.60. The molecule has 0 aliphatic carbocycles. The SMILES string of the molecule is Cl.O=C(NCC1CCCN(Cc2ccn(-c3ccccc3)n2)C1)C1CCCN1. The maximum atomic E-state index is 12.2. The van der Waals surface area contributed by atoms with Crippen LogP contribution in [-0.4, -0.2) is 52.8 Å². The van der Waals surface area contributed by atoms with E-state index >= 15 is 0 Å². The number of likely N-dealkylation sites (tertiary alicyclic amines) is 1. The first-order valence-electron chi connectivity index (χ1n) is 10.1. The van der Waals surface area contributed by atoms with Crippen LogP contribution in [0.5, 0.6) is 0 Å². The molecule has 0 radical (unpaired) electrons. The van der Waals surface area contributed by atoms with Crippen molar-refractivity contribution in [2.24, 2.45) is 5.92 Å². The Hall–Kier alpha value is -1.89. The molecule has 1 aromatic carbocycles. The van der Waals surface area contributed by atoms with E-state index in [9.17, 15) is 4.79 Å². The Morgan fingerprint density at radius 3 is 2.82 bits per heavy atom. The molecule has 2 N–H and O–H groups in total. The summed E-state index contributed by atoms with van der Waals surface area (Å²) in [6.45, 7) is 4.74. The number of nitrogens with zero attached hydrogens (tertiary/aromatic N) is 3. The van der Waals surface area contributed by atoms with Crippen molar-refractivity contribution in [3.63, 3.8) is 0 Å². The second-order valence-corrected chi connectivity index (χ2v) is 7.72. The summed E-state index contributed by atoms with van der Waals surface area (Å²) >= 11 is 0. The molecule has 2 aliphatic heterocycles. The molecule has 1 amide bonds. The second-order valence-electron chi connectivity index (χ2n) is 7.72. The minimum atomic E-state index is 0. The fourth-order valence-electron chi connectivity index (χ4n) is 4.14. The zero-order valence-electron chi connectivity index (χ0n) is 16.2. The molecule has 2 aromatic rings. The smallest absolute Gasteiger partial charge is 0.237 e. The van der Waals surface area contributed by atoms with Gasteiger partial charge in [-0.25, -0.2) is 4.68 Å². The molecule has 0 saturated carbocycles. The van der Waals surface area contributed by atoms with E-state index in [0.29, 0.717) is 5.92 Å². The van der Waals surface area contributed by atoms with Crippen LogP contribution >= 0.6 is 12.4 Å². The predicted molar refractivity (Wildman–Crippen MR) is 113 cm³/mol. The molecule has 152 valence electrons. The number of amides is 1. The second kappa shape index (κ2) is 10.0. The molecular formula is C21H30ClN5O. The molecule has 2 atom stereocenters. The van der Waals surface area contributed by atoms with Crippen molar-refractivity contribution in [3.8, 4) is 5.69 Å². The van der Waals surface area contributed by atoms with Crippen molar-refractivity contribution in [3.05, 3.63) is 48.3 Å². The van der Waals surface area contributed by atoms with Crippen LogP contribution in [0.3, 0.4) is 0 Å². The molecule has 2 aliphatic rings. The van der Waals surface area contributed by atoms with Crippen molar-refractivity contribution in [2.75, 3.05) is 26.2 Å². The van der Waals surface area contributed by atoms with Crippen LogP contribution in [0.15, 0.2) is 42.6 Å². The molecule has 0 bridgehead atoms. The van der Waals surface area contributed by atoms with Gasteiger partial charge in [0.2, 0.25) is 5.91 Å². The highest BCUT2D eigenvalue weighted by Crippen LogP contribution is 2.18. The third-order valence-electron chi connectivity index (χ3n) is 5.60. The number of hydrogen-bond acceptors (Lipinski definition) is 4. The number of hydrogen-bond donors (Lipinski definition) is 2. The van der Waals surface area contributed by atoms with E-state index in [0.717, 1.165) is 56.9 Å². The summed E-state index contributed by atoms with van der Waals surface area (Å²) in [4.78, 5) is 14.7. The van der Waals surface area contributed by atoms with Gasteiger partial charge in [0.05, 0.1) is 17.4 Å². The van der Waals surface area contributed by atoms with Crippen LogP contribution in [-0.2, 0) is 11.3 Å². The van der Waals surface area contributed by atoms with Gasteiger partial charge in [0, 0.05) is 25.8 Å². The van der Waals surface area contributed by atoms with Crippen LogP contribution in [0.25, 0.3) is 5.69 Å². The lowest BCUT2D eigenvalue weighted by Crippen LogP contribution is -2.45. The van der Waals surface area contributed by atoms with Crippen molar-refractivity contribution in [2.45, 2.75) is 38.3 Å². The number of carbonyl (C=O) groups excluding carboxylic acids is 1. The molecule has 6 nitrogen and oxygen atoms in total. The van der Waals surface area contributed by atoms with Gasteiger partial charge in [0.1, 0.15) is 0 Å². The van der Waals surface area contributed by atoms with Gasteiger partial charge in [0.25, 0.3) is 0 Å². The Kier molecular flexibility index (Phi) is 7.48. The van der Waals surface area contributed by atoms with Gasteiger partial charge >= 0.3 is 0 Å². The molecule has 3 heterocycles. The van der Waals surface area contributed by atoms with Crippen LogP contribution in [0, 0.1) is 5.92 Å². The Balaban J connectivity index is 0.00000225. The number of rotatable bonds is 6. The normalized spacial score (nSPS) is 22.6. The van der Waals surface area contributed by atoms with E-state index in [1.54, 1.807) is 0 Å². The van der Waals surface area contributed by atoms with Crippen molar-refractivity contribution >= 4 is 18.3 Å². The lowest BCUT2D eigenvalue weighted by Gasteiger charge is -2.32. The van der Waals surface area contributed by atoms with E-state index in [2.05, 4.69) is 33.7 Å². The molecule has 28 heavy (non-hydrogen) atoms. The van der Waals surface area contributed by atoms with Gasteiger partial charge in [-0.05, 0) is 62.9 Å². The first-order chi connectivity index (χ1) is 13.3. The quantitative estimate of drug-likeness (QED) is 0.777. The van der Waals surface area contributed by atoms with E-state index in [1.807, 2.05) is 29.1 Å². The highest BCUT2D eigenvalue weighted by atomic mass is 35.5. The number of halogens is 1. The fourth-order valence-corrected chi connectivity index (χ4v) is 4.14. The lowest BCUT2D eigenvalue weighted by atomic mass is 9.97. The molecule has 1 aromatic heterocycles. The highest BCUT2D eigenvalue weighted by molar-refractivity contribution is 5.85. The van der Waals surface area contributed by atoms with Crippen LogP contribution in [0.1, 0.15) is 31.4 Å². The van der Waals surface area contributed by atoms with Gasteiger partial charge in [-0.2, -0.15) is 5.10 Å². The van der Waals surface area contributed by atoms with Crippen molar-refractivity contribution in [1.29, 1.82) is 0 Å². The number of nitrogens with one attached hydrogen (secondary N) is 2. The van der Waals surface area contributed by atoms with Gasteiger partial charge in [-0.1, -0.05) is 18.2 Å². The fraction of sp³-hybridized carbons (Fsp3) is 0.524. The molecule has 2 saturated heterocycles. The summed E-state index contributed by atoms with van der Waals surface area (Å²) in [7, 11) is 0. The minimum absolute atomic E-state index is 0. The lowest BCUT2D eigenvalue weighted by molar-refractivity contribution is -0.123. The van der Waals surface area contributed by atoms with Gasteiger partial charge in [0.15, 0.2) is 0 Å². The Bertz CT molecular complexity index is 744. The number of benzene rings is 1. The molecule has 2 unspecified atom stereocenters. The highest BCUT2D eigenvalue weighted by Gasteiger charge is 2.24. The molecule has 4 rings (SSSR count). The standard InChI is InChI=1S/C21H29N5O.ClH/c27-21(20-9-4-11-22-20)23-14-17-6-5-12-25(15-17)16-18-10-13-26(24-18)19-7-2-1-3-8-19;/h1-3,7-8,10,13,17,20,22H,4-6,9,11-12,14-16H2,(H,23,27);1H. The minimum Gasteiger partial charge on any atom is -0.354 e. The van der Waals surface area contributed by atoms with Gasteiger partial charge in [-0.15, -0.1) is 12.4 Å². The summed E-state index contributed by atoms with van der Waals surface area (Å²) in [5.41, 5.74) is 2.18. The molecule has 7 heteroatoms. The zero-order chi connectivity index (χ0) is 18.5. The summed E-state index contributed by atoms with van der Waals surface area (Å²) in [6, 6.07) is 12.3. The molecular weight excluding hydrogens is 374 g/mol. The topological polar surface area (TPSA) is 62.2 Å². The van der Waals surface area contributed by atoms with Gasteiger partial charge in [-0.3, -0.25) is 9.69 Å². The molecule has 0 spiro atoms. The van der Waals surface area contributed by atoms with E-state index < -0.39 is 0 Å². The van der Waals surface area contributed by atoms with Crippen LogP contribution in [0.4, 0.5) is 0 Å². The Morgan fingerprint density at radius 2 is 2.04 bits per heavy atom. The van der Waals surface area contributed by atoms with Crippen LogP contribution in [0.2, 0.25) is 0 Å². The van der Waals surface area contributed by atoms with E-state index in [4.69, 9.17) is 5.10 Å². The molecule has 2 fully saturated rings. The zero-order valence-corrected chi connectivity index (χ0v) is 17.0. The van der Waals surface area contributed by atoms with Crippen LogP contribution < -0.4 is 10.6 Å².